The molecule has 0 atom stereocenters. The fourth-order valence-corrected chi connectivity index (χ4v) is 2.33. The lowest BCUT2D eigenvalue weighted by molar-refractivity contribution is 0.0729. The summed E-state index contributed by atoms with van der Waals surface area (Å²) in [5.41, 5.74) is 1.01. The Morgan fingerprint density at radius 1 is 1.08 bits per heavy atom. The minimum absolute atomic E-state index is 0.254. The lowest BCUT2D eigenvalue weighted by Crippen LogP contribution is -2.11. The number of esters is 1. The van der Waals surface area contributed by atoms with Gasteiger partial charge in [0.05, 0.1) is 19.0 Å². The molecule has 0 aliphatic rings. The summed E-state index contributed by atoms with van der Waals surface area (Å²) in [6, 6.07) is 13.1. The van der Waals surface area contributed by atoms with E-state index < -0.39 is 11.8 Å². The third-order valence-corrected chi connectivity index (χ3v) is 3.58. The van der Waals surface area contributed by atoms with Gasteiger partial charge in [0, 0.05) is 0 Å². The number of rotatable bonds is 4. The third kappa shape index (κ3) is 2.86. The van der Waals surface area contributed by atoms with Gasteiger partial charge in [0.15, 0.2) is 11.5 Å². The van der Waals surface area contributed by atoms with E-state index in [-0.39, 0.29) is 11.3 Å². The van der Waals surface area contributed by atoms with Crippen LogP contribution in [-0.4, -0.2) is 22.9 Å². The van der Waals surface area contributed by atoms with Gasteiger partial charge in [-0.2, -0.15) is 5.10 Å². The Morgan fingerprint density at radius 3 is 2.46 bits per heavy atom. The molecule has 0 spiro atoms. The second kappa shape index (κ2) is 6.54. The number of aromatic nitrogens is 2. The zero-order valence-electron chi connectivity index (χ0n) is 13.2. The molecule has 3 aromatic rings. The molecule has 0 N–H and O–H groups in total. The van der Waals surface area contributed by atoms with Gasteiger partial charge in [-0.05, 0) is 31.2 Å². The molecule has 122 valence electrons. The second-order valence-corrected chi connectivity index (χ2v) is 5.05. The summed E-state index contributed by atoms with van der Waals surface area (Å²) < 4.78 is 25.8. The van der Waals surface area contributed by atoms with E-state index in [0.717, 1.165) is 0 Å². The van der Waals surface area contributed by atoms with Gasteiger partial charge >= 0.3 is 5.97 Å². The number of hydrogen-bond donors (Lipinski definition) is 0. The van der Waals surface area contributed by atoms with Crippen LogP contribution in [0.4, 0.5) is 4.39 Å². The van der Waals surface area contributed by atoms with E-state index in [1.165, 1.54) is 24.1 Å². The van der Waals surface area contributed by atoms with Crippen LogP contribution in [0.5, 0.6) is 11.5 Å². The van der Waals surface area contributed by atoms with Crippen LogP contribution in [0.25, 0.3) is 5.69 Å². The molecular formula is C18H15FN2O3. The largest absolute Gasteiger partial charge is 0.493 e. The van der Waals surface area contributed by atoms with Crippen molar-refractivity contribution in [2.45, 2.75) is 6.92 Å². The van der Waals surface area contributed by atoms with E-state index in [4.69, 9.17) is 9.47 Å². The van der Waals surface area contributed by atoms with Crippen LogP contribution in [0.1, 0.15) is 16.1 Å². The number of hydrogen-bond acceptors (Lipinski definition) is 4. The zero-order valence-corrected chi connectivity index (χ0v) is 13.2. The van der Waals surface area contributed by atoms with Crippen molar-refractivity contribution in [2.24, 2.45) is 0 Å². The van der Waals surface area contributed by atoms with Crippen LogP contribution < -0.4 is 9.47 Å². The fraction of sp³-hybridized carbons (Fsp3) is 0.111. The molecule has 6 heteroatoms. The summed E-state index contributed by atoms with van der Waals surface area (Å²) in [7, 11) is 1.49. The van der Waals surface area contributed by atoms with Gasteiger partial charge in [0.2, 0.25) is 0 Å². The molecule has 5 nitrogen and oxygen atoms in total. The van der Waals surface area contributed by atoms with Gasteiger partial charge in [-0.25, -0.2) is 13.9 Å². The van der Waals surface area contributed by atoms with Crippen LogP contribution in [0, 0.1) is 12.7 Å². The summed E-state index contributed by atoms with van der Waals surface area (Å²) in [6.45, 7) is 1.68. The Kier molecular flexibility index (Phi) is 4.29. The van der Waals surface area contributed by atoms with Crippen molar-refractivity contribution in [3.05, 3.63) is 71.8 Å². The first-order chi connectivity index (χ1) is 11.6. The van der Waals surface area contributed by atoms with E-state index in [9.17, 15) is 9.18 Å². The average Bonchev–Trinajstić information content (AvgIpc) is 2.97. The maximum Gasteiger partial charge on any atom is 0.347 e. The SMILES string of the molecule is COc1ccccc1OC(=O)c1cnn(-c2ccccc2F)c1C. The molecule has 0 fully saturated rings. The molecule has 2 aromatic carbocycles. The highest BCUT2D eigenvalue weighted by Crippen LogP contribution is 2.27. The minimum Gasteiger partial charge on any atom is -0.493 e. The van der Waals surface area contributed by atoms with Gasteiger partial charge in [0.25, 0.3) is 0 Å². The monoisotopic (exact) mass is 326 g/mol. The number of methoxy groups -OCH3 is 1. The summed E-state index contributed by atoms with van der Waals surface area (Å²) >= 11 is 0. The molecule has 0 radical (unpaired) electrons. The highest BCUT2D eigenvalue weighted by atomic mass is 19.1. The normalized spacial score (nSPS) is 10.5. The molecule has 3 rings (SSSR count). The van der Waals surface area contributed by atoms with Crippen molar-refractivity contribution in [3.63, 3.8) is 0 Å². The molecule has 1 aromatic heterocycles. The molecule has 0 saturated carbocycles. The van der Waals surface area contributed by atoms with E-state index in [0.29, 0.717) is 17.2 Å². The van der Waals surface area contributed by atoms with Crippen LogP contribution in [0.2, 0.25) is 0 Å². The van der Waals surface area contributed by atoms with Crippen molar-refractivity contribution in [1.29, 1.82) is 0 Å². The maximum absolute atomic E-state index is 13.9. The molecule has 0 aliphatic carbocycles. The Hall–Kier alpha value is -3.15. The van der Waals surface area contributed by atoms with Gasteiger partial charge in [-0.3, -0.25) is 0 Å². The molecular weight excluding hydrogens is 311 g/mol. The second-order valence-electron chi connectivity index (χ2n) is 5.05. The predicted molar refractivity (Wildman–Crippen MR) is 86.2 cm³/mol. The highest BCUT2D eigenvalue weighted by molar-refractivity contribution is 5.92. The van der Waals surface area contributed by atoms with E-state index in [2.05, 4.69) is 5.10 Å². The van der Waals surface area contributed by atoms with Crippen molar-refractivity contribution >= 4 is 5.97 Å². The van der Waals surface area contributed by atoms with E-state index in [1.54, 1.807) is 49.4 Å². The first-order valence-electron chi connectivity index (χ1n) is 7.26. The predicted octanol–water partition coefficient (Wildman–Crippen LogP) is 3.55. The lowest BCUT2D eigenvalue weighted by atomic mass is 10.2. The summed E-state index contributed by atoms with van der Waals surface area (Å²) in [4.78, 5) is 12.4. The molecule has 0 unspecified atom stereocenters. The topological polar surface area (TPSA) is 53.4 Å². The van der Waals surface area contributed by atoms with Gasteiger partial charge in [-0.1, -0.05) is 24.3 Å². The van der Waals surface area contributed by atoms with Crippen molar-refractivity contribution in [2.75, 3.05) is 7.11 Å². The quantitative estimate of drug-likeness (QED) is 0.543. The van der Waals surface area contributed by atoms with Gasteiger partial charge < -0.3 is 9.47 Å². The number of benzene rings is 2. The minimum atomic E-state index is -0.584. The van der Waals surface area contributed by atoms with E-state index in [1.807, 2.05) is 0 Å². The van der Waals surface area contributed by atoms with Crippen LogP contribution in [0.15, 0.2) is 54.7 Å². The molecule has 1 heterocycles. The van der Waals surface area contributed by atoms with Crippen molar-refractivity contribution in [1.82, 2.24) is 9.78 Å². The Labute approximate surface area is 138 Å². The maximum atomic E-state index is 13.9. The number of carbonyl (C=O) groups is 1. The average molecular weight is 326 g/mol. The Bertz CT molecular complexity index is 889. The number of halogens is 1. The van der Waals surface area contributed by atoms with Crippen molar-refractivity contribution < 1.29 is 18.7 Å². The number of ether oxygens (including phenoxy) is 2. The Balaban J connectivity index is 1.91. The first-order valence-corrected chi connectivity index (χ1v) is 7.26. The van der Waals surface area contributed by atoms with Crippen molar-refractivity contribution in [3.8, 4) is 17.2 Å². The molecule has 0 aliphatic heterocycles. The molecule has 24 heavy (non-hydrogen) atoms. The summed E-state index contributed by atoms with van der Waals surface area (Å²) in [5, 5.41) is 4.10. The van der Waals surface area contributed by atoms with Crippen LogP contribution >= 0.6 is 0 Å². The number of carbonyl (C=O) groups excluding carboxylic acids is 1. The zero-order chi connectivity index (χ0) is 17.1. The standard InChI is InChI=1S/C18H15FN2O3/c1-12-13(11-20-21(12)15-8-4-3-7-14(15)19)18(22)24-17-10-6-5-9-16(17)23-2/h3-11H,1-2H3. The van der Waals surface area contributed by atoms with Gasteiger partial charge in [-0.15, -0.1) is 0 Å². The smallest absolute Gasteiger partial charge is 0.347 e. The molecule has 0 saturated heterocycles. The lowest BCUT2D eigenvalue weighted by Gasteiger charge is -2.09. The highest BCUT2D eigenvalue weighted by Gasteiger charge is 2.19. The number of para-hydroxylation sites is 3. The van der Waals surface area contributed by atoms with Crippen LogP contribution in [0.3, 0.4) is 0 Å². The fourth-order valence-electron chi connectivity index (χ4n) is 2.33. The Morgan fingerprint density at radius 2 is 1.75 bits per heavy atom. The summed E-state index contributed by atoms with van der Waals surface area (Å²) in [5.74, 6) is -0.249. The molecule has 0 amide bonds. The summed E-state index contributed by atoms with van der Waals surface area (Å²) in [6.07, 6.45) is 1.36. The van der Waals surface area contributed by atoms with E-state index >= 15 is 0 Å². The van der Waals surface area contributed by atoms with Gasteiger partial charge in [0.1, 0.15) is 17.1 Å². The first kappa shape index (κ1) is 15.7. The third-order valence-electron chi connectivity index (χ3n) is 3.58. The van der Waals surface area contributed by atoms with Crippen LogP contribution in [-0.2, 0) is 0 Å². The number of nitrogens with zero attached hydrogens (tertiary/aromatic N) is 2. The molecule has 0 bridgehead atoms.